The molecule has 2 amide bonds. The zero-order valence-electron chi connectivity index (χ0n) is 22.7. The van der Waals surface area contributed by atoms with Crippen molar-refractivity contribution in [3.63, 3.8) is 0 Å². The van der Waals surface area contributed by atoms with Crippen molar-refractivity contribution < 1.29 is 19.4 Å². The minimum Gasteiger partial charge on any atom is -0.497 e. The van der Waals surface area contributed by atoms with Gasteiger partial charge in [-0.1, -0.05) is 56.3 Å². The van der Waals surface area contributed by atoms with E-state index in [2.05, 4.69) is 24.5 Å². The number of hydrogen-bond acceptors (Lipinski definition) is 4. The van der Waals surface area contributed by atoms with Crippen molar-refractivity contribution in [1.29, 1.82) is 0 Å². The van der Waals surface area contributed by atoms with Gasteiger partial charge >= 0.3 is 0 Å². The molecule has 4 rings (SSSR count). The highest BCUT2D eigenvalue weighted by Gasteiger charge is 2.61. The Bertz CT molecular complexity index is 1080. The second-order valence-electron chi connectivity index (χ2n) is 12.1. The van der Waals surface area contributed by atoms with Crippen LogP contribution in [0.5, 0.6) is 5.75 Å². The molecule has 2 aromatic rings. The number of amides is 2. The lowest BCUT2D eigenvalue weighted by atomic mass is 9.57. The van der Waals surface area contributed by atoms with E-state index in [9.17, 15) is 14.7 Å². The lowest BCUT2D eigenvalue weighted by Gasteiger charge is -2.50. The summed E-state index contributed by atoms with van der Waals surface area (Å²) in [5.74, 6) is 1.05. The Kier molecular flexibility index (Phi) is 7.98. The third-order valence-corrected chi connectivity index (χ3v) is 8.84. The number of methoxy groups -OCH3 is 1. The zero-order chi connectivity index (χ0) is 26.7. The summed E-state index contributed by atoms with van der Waals surface area (Å²) in [6.45, 7) is 6.90. The Balaban J connectivity index is 1.46. The third-order valence-electron chi connectivity index (χ3n) is 8.84. The first-order valence-corrected chi connectivity index (χ1v) is 13.5. The number of carbonyl (C=O) groups excluding carboxylic acids is 2. The normalized spacial score (nSPS) is 28.2. The third kappa shape index (κ3) is 6.35. The Labute approximate surface area is 221 Å². The number of aliphatic hydroxyl groups is 1. The molecule has 0 bridgehead atoms. The van der Waals surface area contributed by atoms with Gasteiger partial charge in [0, 0.05) is 19.0 Å². The summed E-state index contributed by atoms with van der Waals surface area (Å²) in [6, 6.07) is 17.5. The summed E-state index contributed by atoms with van der Waals surface area (Å²) < 4.78 is 5.21. The number of nitrogens with one attached hydrogen (secondary N) is 2. The molecular weight excluding hydrogens is 464 g/mol. The minimum atomic E-state index is -0.717. The van der Waals surface area contributed by atoms with Crippen molar-refractivity contribution in [3.8, 4) is 5.75 Å². The molecule has 4 atom stereocenters. The maximum Gasteiger partial charge on any atom is 0.224 e. The highest BCUT2D eigenvalue weighted by Crippen LogP contribution is 2.63. The summed E-state index contributed by atoms with van der Waals surface area (Å²) >= 11 is 0. The topological polar surface area (TPSA) is 87.7 Å². The molecule has 37 heavy (non-hydrogen) atoms. The van der Waals surface area contributed by atoms with Crippen LogP contribution in [0.25, 0.3) is 0 Å². The van der Waals surface area contributed by atoms with Gasteiger partial charge in [0.2, 0.25) is 11.8 Å². The fourth-order valence-electron chi connectivity index (χ4n) is 6.84. The quantitative estimate of drug-likeness (QED) is 0.457. The van der Waals surface area contributed by atoms with Crippen molar-refractivity contribution in [3.05, 3.63) is 65.7 Å². The van der Waals surface area contributed by atoms with E-state index in [0.29, 0.717) is 38.6 Å². The molecule has 3 N–H and O–H groups in total. The number of fused-ring (bicyclic) bond motifs is 1. The van der Waals surface area contributed by atoms with Crippen LogP contribution in [0.1, 0.15) is 70.4 Å². The summed E-state index contributed by atoms with van der Waals surface area (Å²) in [5.41, 5.74) is 1.04. The lowest BCUT2D eigenvalue weighted by Crippen LogP contribution is -2.53. The SMILES string of the molecule is COc1ccc(CNC(=O)CCC23CCC(C)(O)CC2C(C)(C)CC3NC(=O)Cc2ccccc2)cc1. The molecule has 0 aromatic heterocycles. The van der Waals surface area contributed by atoms with Crippen LogP contribution in [0.3, 0.4) is 0 Å². The Morgan fingerprint density at radius 1 is 0.946 bits per heavy atom. The second-order valence-corrected chi connectivity index (χ2v) is 12.1. The van der Waals surface area contributed by atoms with Crippen LogP contribution >= 0.6 is 0 Å². The van der Waals surface area contributed by atoms with Gasteiger partial charge in [-0.15, -0.1) is 0 Å². The Hall–Kier alpha value is -2.86. The molecule has 0 saturated heterocycles. The van der Waals surface area contributed by atoms with Crippen LogP contribution in [0, 0.1) is 16.7 Å². The van der Waals surface area contributed by atoms with E-state index < -0.39 is 5.60 Å². The predicted molar refractivity (Wildman–Crippen MR) is 145 cm³/mol. The average Bonchev–Trinajstić information content (AvgIpc) is 3.07. The van der Waals surface area contributed by atoms with E-state index >= 15 is 0 Å². The fraction of sp³-hybridized carbons (Fsp3) is 0.548. The van der Waals surface area contributed by atoms with Gasteiger partial charge in [0.05, 0.1) is 19.1 Å². The lowest BCUT2D eigenvalue weighted by molar-refractivity contribution is -0.125. The van der Waals surface area contributed by atoms with Gasteiger partial charge in [0.25, 0.3) is 0 Å². The molecule has 0 heterocycles. The summed E-state index contributed by atoms with van der Waals surface area (Å²) in [7, 11) is 1.63. The number of benzene rings is 2. The highest BCUT2D eigenvalue weighted by molar-refractivity contribution is 5.79. The van der Waals surface area contributed by atoms with Gasteiger partial charge in [0.1, 0.15) is 5.75 Å². The Morgan fingerprint density at radius 2 is 1.65 bits per heavy atom. The number of hydrogen-bond donors (Lipinski definition) is 3. The van der Waals surface area contributed by atoms with E-state index in [-0.39, 0.29) is 34.6 Å². The predicted octanol–water partition coefficient (Wildman–Crippen LogP) is 4.79. The van der Waals surface area contributed by atoms with Gasteiger partial charge in [-0.2, -0.15) is 0 Å². The number of carbonyl (C=O) groups is 2. The molecule has 0 aliphatic heterocycles. The maximum atomic E-state index is 13.1. The molecule has 6 heteroatoms. The molecule has 2 aliphatic rings. The second kappa shape index (κ2) is 10.9. The van der Waals surface area contributed by atoms with Gasteiger partial charge in [-0.05, 0) is 79.0 Å². The molecule has 200 valence electrons. The monoisotopic (exact) mass is 506 g/mol. The number of rotatable bonds is 9. The van der Waals surface area contributed by atoms with Gasteiger partial charge < -0.3 is 20.5 Å². The van der Waals surface area contributed by atoms with E-state index in [1.807, 2.05) is 61.5 Å². The van der Waals surface area contributed by atoms with Crippen LogP contribution in [0.15, 0.2) is 54.6 Å². The molecule has 2 aliphatic carbocycles. The fourth-order valence-corrected chi connectivity index (χ4v) is 6.84. The van der Waals surface area contributed by atoms with Crippen LogP contribution in [-0.4, -0.2) is 35.7 Å². The summed E-state index contributed by atoms with van der Waals surface area (Å²) in [5, 5.41) is 17.4. The standard InChI is InChI=1S/C31H42N2O4/c1-29(2)20-26(33-28(35)18-22-8-6-5-7-9-22)31(17-16-30(3,36)19-25(29)31)15-14-27(34)32-21-23-10-12-24(37-4)13-11-23/h5-13,25-26,36H,14-21H2,1-4H3,(H,32,34)(H,33,35). The van der Waals surface area contributed by atoms with Gasteiger partial charge in [-0.3, -0.25) is 9.59 Å². The van der Waals surface area contributed by atoms with Crippen molar-refractivity contribution in [1.82, 2.24) is 10.6 Å². The van der Waals surface area contributed by atoms with Crippen LogP contribution in [-0.2, 0) is 22.6 Å². The maximum absolute atomic E-state index is 13.1. The molecule has 6 nitrogen and oxygen atoms in total. The van der Waals surface area contributed by atoms with E-state index in [1.165, 1.54) is 0 Å². The van der Waals surface area contributed by atoms with Gasteiger partial charge in [-0.25, -0.2) is 0 Å². The van der Waals surface area contributed by atoms with E-state index in [0.717, 1.165) is 29.7 Å². The first kappa shape index (κ1) is 27.2. The molecule has 0 radical (unpaired) electrons. The Morgan fingerprint density at radius 3 is 2.32 bits per heavy atom. The largest absolute Gasteiger partial charge is 0.497 e. The van der Waals surface area contributed by atoms with Crippen LogP contribution < -0.4 is 15.4 Å². The molecule has 4 unspecified atom stereocenters. The van der Waals surface area contributed by atoms with Crippen molar-refractivity contribution >= 4 is 11.8 Å². The zero-order valence-corrected chi connectivity index (χ0v) is 22.7. The molecule has 2 saturated carbocycles. The average molecular weight is 507 g/mol. The molecule has 2 fully saturated rings. The van der Waals surface area contributed by atoms with Crippen LogP contribution in [0.4, 0.5) is 0 Å². The smallest absolute Gasteiger partial charge is 0.224 e. The molecule has 2 aromatic carbocycles. The van der Waals surface area contributed by atoms with E-state index in [4.69, 9.17) is 4.74 Å². The van der Waals surface area contributed by atoms with Gasteiger partial charge in [0.15, 0.2) is 0 Å². The molecule has 0 spiro atoms. The summed E-state index contributed by atoms with van der Waals surface area (Å²) in [4.78, 5) is 26.1. The highest BCUT2D eigenvalue weighted by atomic mass is 16.5. The number of ether oxygens (including phenoxy) is 1. The van der Waals surface area contributed by atoms with Crippen LogP contribution in [0.2, 0.25) is 0 Å². The van der Waals surface area contributed by atoms with E-state index in [1.54, 1.807) is 7.11 Å². The van der Waals surface area contributed by atoms with Crippen molar-refractivity contribution in [2.45, 2.75) is 83.9 Å². The first-order valence-electron chi connectivity index (χ1n) is 13.5. The minimum absolute atomic E-state index is 0.0142. The van der Waals surface area contributed by atoms with Crippen molar-refractivity contribution in [2.75, 3.05) is 7.11 Å². The van der Waals surface area contributed by atoms with Crippen molar-refractivity contribution in [2.24, 2.45) is 16.7 Å². The molecular formula is C31H42N2O4. The first-order chi connectivity index (χ1) is 17.5. The summed E-state index contributed by atoms with van der Waals surface area (Å²) in [6.07, 6.45) is 4.46.